The number of phenolic OH excluding ortho intramolecular Hbond substituents is 1. The van der Waals surface area contributed by atoms with Gasteiger partial charge >= 0.3 is 0 Å². The minimum Gasteiger partial charge on any atom is -0.508 e. The molecule has 4 aromatic carbocycles. The predicted molar refractivity (Wildman–Crippen MR) is 142 cm³/mol. The van der Waals surface area contributed by atoms with E-state index in [-0.39, 0.29) is 23.1 Å². The summed E-state index contributed by atoms with van der Waals surface area (Å²) in [6.07, 6.45) is 0. The lowest BCUT2D eigenvalue weighted by molar-refractivity contribution is -0.114. The number of anilines is 2. The molecule has 0 bridgehead atoms. The predicted octanol–water partition coefficient (Wildman–Crippen LogP) is 6.69. The number of ketones is 1. The van der Waals surface area contributed by atoms with Crippen LogP contribution in [0.4, 0.5) is 11.4 Å². The third-order valence-corrected chi connectivity index (χ3v) is 6.51. The van der Waals surface area contributed by atoms with Crippen LogP contribution < -0.4 is 10.2 Å². The van der Waals surface area contributed by atoms with Gasteiger partial charge in [0, 0.05) is 22.0 Å². The zero-order valence-corrected chi connectivity index (χ0v) is 20.2. The number of para-hydroxylation sites is 1. The van der Waals surface area contributed by atoms with Crippen LogP contribution in [-0.2, 0) is 4.79 Å². The zero-order valence-electron chi connectivity index (χ0n) is 19.5. The number of phenols is 1. The molecule has 0 unspecified atom stereocenters. The van der Waals surface area contributed by atoms with E-state index in [0.717, 1.165) is 5.56 Å². The van der Waals surface area contributed by atoms with Gasteiger partial charge in [-0.3, -0.25) is 14.5 Å². The third-order valence-electron chi connectivity index (χ3n) is 6.16. The molecule has 6 heteroatoms. The number of aromatic hydroxyl groups is 1. The number of halogens is 1. The van der Waals surface area contributed by atoms with Crippen LogP contribution in [0.5, 0.6) is 5.75 Å². The summed E-state index contributed by atoms with van der Waals surface area (Å²) in [5.41, 5.74) is 3.82. The summed E-state index contributed by atoms with van der Waals surface area (Å²) in [5.74, 6) is -0.566. The Morgan fingerprint density at radius 3 is 2.17 bits per heavy atom. The fourth-order valence-corrected chi connectivity index (χ4v) is 4.61. The molecule has 1 aliphatic rings. The van der Waals surface area contributed by atoms with Gasteiger partial charge in [-0.25, -0.2) is 0 Å². The van der Waals surface area contributed by atoms with E-state index in [9.17, 15) is 14.7 Å². The van der Waals surface area contributed by atoms with E-state index in [1.54, 1.807) is 35.2 Å². The molecular weight excluding hydrogens is 472 g/mol. The molecule has 178 valence electrons. The summed E-state index contributed by atoms with van der Waals surface area (Å²) in [5, 5.41) is 13.5. The normalized spacial score (nSPS) is 15.3. The number of amides is 1. The highest BCUT2D eigenvalue weighted by molar-refractivity contribution is 6.32. The second-order valence-electron chi connectivity index (χ2n) is 8.59. The first-order valence-corrected chi connectivity index (χ1v) is 11.9. The lowest BCUT2D eigenvalue weighted by Gasteiger charge is -2.28. The van der Waals surface area contributed by atoms with Crippen LogP contribution in [0.1, 0.15) is 27.5 Å². The van der Waals surface area contributed by atoms with Gasteiger partial charge in [-0.1, -0.05) is 77.8 Å². The van der Waals surface area contributed by atoms with Crippen LogP contribution in [0.25, 0.3) is 0 Å². The highest BCUT2D eigenvalue weighted by Gasteiger charge is 2.45. The van der Waals surface area contributed by atoms with Crippen LogP contribution in [0, 0.1) is 6.92 Å². The Hall–Kier alpha value is -4.35. The summed E-state index contributed by atoms with van der Waals surface area (Å²) < 4.78 is 0. The van der Waals surface area contributed by atoms with Crippen molar-refractivity contribution < 1.29 is 14.7 Å². The van der Waals surface area contributed by atoms with E-state index in [0.29, 0.717) is 33.1 Å². The van der Waals surface area contributed by atoms with E-state index < -0.39 is 6.04 Å². The molecule has 36 heavy (non-hydrogen) atoms. The van der Waals surface area contributed by atoms with E-state index in [1.807, 2.05) is 67.6 Å². The number of Topliss-reactive ketones (excluding diaryl/α,β-unsaturated/α-hetero) is 1. The molecule has 0 aromatic heterocycles. The lowest BCUT2D eigenvalue weighted by Crippen LogP contribution is -2.31. The van der Waals surface area contributed by atoms with Gasteiger partial charge in [-0.05, 0) is 55.0 Å². The van der Waals surface area contributed by atoms with E-state index in [1.165, 1.54) is 12.1 Å². The van der Waals surface area contributed by atoms with E-state index in [4.69, 9.17) is 11.6 Å². The van der Waals surface area contributed by atoms with Crippen molar-refractivity contribution in [3.63, 3.8) is 0 Å². The van der Waals surface area contributed by atoms with Crippen molar-refractivity contribution >= 4 is 34.7 Å². The van der Waals surface area contributed by atoms with Crippen molar-refractivity contribution in [1.29, 1.82) is 0 Å². The molecule has 4 aromatic rings. The molecule has 1 amide bonds. The molecule has 0 radical (unpaired) electrons. The summed E-state index contributed by atoms with van der Waals surface area (Å²) >= 11 is 6.64. The Morgan fingerprint density at radius 1 is 0.861 bits per heavy atom. The highest BCUT2D eigenvalue weighted by atomic mass is 35.5. The SMILES string of the molecule is Cc1ccc(C(=O)C2=C(Nc3ccccc3)C(=O)N(c3ccc(O)cc3)[C@@H]2c2ccccc2Cl)cc1. The summed E-state index contributed by atoms with van der Waals surface area (Å²) in [7, 11) is 0. The smallest absolute Gasteiger partial charge is 0.276 e. The topological polar surface area (TPSA) is 69.6 Å². The van der Waals surface area contributed by atoms with Gasteiger partial charge in [0.2, 0.25) is 0 Å². The average Bonchev–Trinajstić information content (AvgIpc) is 3.17. The van der Waals surface area contributed by atoms with Gasteiger partial charge in [0.05, 0.1) is 11.6 Å². The molecule has 1 aliphatic heterocycles. The monoisotopic (exact) mass is 494 g/mol. The largest absolute Gasteiger partial charge is 0.508 e. The van der Waals surface area contributed by atoms with E-state index >= 15 is 0 Å². The summed E-state index contributed by atoms with van der Waals surface area (Å²) in [6.45, 7) is 1.95. The average molecular weight is 495 g/mol. The maximum Gasteiger partial charge on any atom is 0.276 e. The molecule has 0 aliphatic carbocycles. The van der Waals surface area contributed by atoms with Gasteiger partial charge < -0.3 is 10.4 Å². The number of hydrogen-bond donors (Lipinski definition) is 2. The van der Waals surface area contributed by atoms with Crippen molar-refractivity contribution in [2.45, 2.75) is 13.0 Å². The van der Waals surface area contributed by atoms with Crippen LogP contribution in [-0.4, -0.2) is 16.8 Å². The van der Waals surface area contributed by atoms with Crippen molar-refractivity contribution in [1.82, 2.24) is 0 Å². The number of carbonyl (C=O) groups excluding carboxylic acids is 2. The van der Waals surface area contributed by atoms with Crippen LogP contribution in [0.2, 0.25) is 5.02 Å². The minimum absolute atomic E-state index is 0.0752. The Bertz CT molecular complexity index is 1460. The van der Waals surface area contributed by atoms with Crippen molar-refractivity contribution in [3.8, 4) is 5.75 Å². The molecular formula is C30H23ClN2O3. The first kappa shape index (κ1) is 23.4. The van der Waals surface area contributed by atoms with Gasteiger partial charge in [0.15, 0.2) is 5.78 Å². The van der Waals surface area contributed by atoms with Gasteiger partial charge in [-0.15, -0.1) is 0 Å². The van der Waals surface area contributed by atoms with Gasteiger partial charge in [-0.2, -0.15) is 0 Å². The maximum absolute atomic E-state index is 14.1. The fourth-order valence-electron chi connectivity index (χ4n) is 4.37. The lowest BCUT2D eigenvalue weighted by atomic mass is 9.91. The number of nitrogens with zero attached hydrogens (tertiary/aromatic N) is 1. The molecule has 1 atom stereocenters. The Morgan fingerprint density at radius 2 is 1.50 bits per heavy atom. The number of rotatable bonds is 6. The van der Waals surface area contributed by atoms with Crippen molar-refractivity contribution in [2.24, 2.45) is 0 Å². The Labute approximate surface area is 214 Å². The summed E-state index contributed by atoms with van der Waals surface area (Å²) in [6, 6.07) is 29.3. The molecule has 5 nitrogen and oxygen atoms in total. The van der Waals surface area contributed by atoms with Crippen LogP contribution >= 0.6 is 11.6 Å². The zero-order chi connectivity index (χ0) is 25.2. The second kappa shape index (κ2) is 9.72. The molecule has 0 saturated carbocycles. The molecule has 1 heterocycles. The van der Waals surface area contributed by atoms with Gasteiger partial charge in [0.1, 0.15) is 11.4 Å². The standard InChI is InChI=1S/C30H23ClN2O3/c1-19-11-13-20(14-12-19)29(35)26-27(32-21-7-3-2-4-8-21)30(36)33(22-15-17-23(34)18-16-22)28(26)24-9-5-6-10-25(24)31/h2-18,28,32,34H,1H3/t28-/m1/s1. The maximum atomic E-state index is 14.1. The summed E-state index contributed by atoms with van der Waals surface area (Å²) in [4.78, 5) is 29.7. The number of nitrogens with one attached hydrogen (secondary N) is 1. The molecule has 0 spiro atoms. The quantitative estimate of drug-likeness (QED) is 0.293. The Balaban J connectivity index is 1.74. The van der Waals surface area contributed by atoms with Crippen molar-refractivity contribution in [3.05, 3.63) is 136 Å². The van der Waals surface area contributed by atoms with Crippen LogP contribution in [0.15, 0.2) is 114 Å². The second-order valence-corrected chi connectivity index (χ2v) is 9.00. The van der Waals surface area contributed by atoms with Gasteiger partial charge in [0.25, 0.3) is 5.91 Å². The number of carbonyl (C=O) groups is 2. The first-order chi connectivity index (χ1) is 17.4. The Kier molecular flexibility index (Phi) is 6.32. The molecule has 5 rings (SSSR count). The van der Waals surface area contributed by atoms with Crippen molar-refractivity contribution in [2.75, 3.05) is 10.2 Å². The van der Waals surface area contributed by atoms with E-state index in [2.05, 4.69) is 5.32 Å². The first-order valence-electron chi connectivity index (χ1n) is 11.5. The number of hydrogen-bond acceptors (Lipinski definition) is 4. The molecule has 0 fully saturated rings. The highest BCUT2D eigenvalue weighted by Crippen LogP contribution is 2.45. The number of aryl methyl sites for hydroxylation is 1. The van der Waals surface area contributed by atoms with Crippen LogP contribution in [0.3, 0.4) is 0 Å². The molecule has 2 N–H and O–H groups in total. The number of benzene rings is 4. The molecule has 0 saturated heterocycles. The fraction of sp³-hybridized carbons (Fsp3) is 0.0667. The third kappa shape index (κ3) is 4.37. The minimum atomic E-state index is -0.782.